The zero-order valence-corrected chi connectivity index (χ0v) is 5.89. The van der Waals surface area contributed by atoms with Gasteiger partial charge in [-0.05, 0) is 12.3 Å². The zero-order chi connectivity index (χ0) is 6.48. The van der Waals surface area contributed by atoms with Gasteiger partial charge in [0.15, 0.2) is 0 Å². The molecule has 1 spiro atoms. The molecule has 2 nitrogen and oxygen atoms in total. The van der Waals surface area contributed by atoms with Crippen molar-refractivity contribution in [1.29, 1.82) is 0 Å². The Balaban J connectivity index is 2.02. The van der Waals surface area contributed by atoms with Crippen LogP contribution in [0.1, 0.15) is 13.3 Å². The molecule has 0 aromatic heterocycles. The minimum absolute atomic E-state index is 0.175. The van der Waals surface area contributed by atoms with Gasteiger partial charge in [-0.2, -0.15) is 0 Å². The number of rotatable bonds is 1. The Bertz CT molecular complexity index is 129. The van der Waals surface area contributed by atoms with Gasteiger partial charge in [0.05, 0.1) is 12.7 Å². The molecular weight excluding hydrogens is 116 g/mol. The Labute approximate surface area is 55.1 Å². The molecule has 2 fully saturated rings. The molecule has 0 N–H and O–H groups in total. The third kappa shape index (κ3) is 0.528. The summed E-state index contributed by atoms with van der Waals surface area (Å²) in [5.41, 5.74) is 0.175. The third-order valence-electron chi connectivity index (χ3n) is 2.71. The van der Waals surface area contributed by atoms with Crippen molar-refractivity contribution < 1.29 is 9.47 Å². The summed E-state index contributed by atoms with van der Waals surface area (Å²) in [6.45, 7) is 3.15. The van der Waals surface area contributed by atoms with Gasteiger partial charge in [-0.25, -0.2) is 0 Å². The minimum Gasteiger partial charge on any atom is -0.378 e. The van der Waals surface area contributed by atoms with E-state index < -0.39 is 0 Å². The van der Waals surface area contributed by atoms with Gasteiger partial charge in [0, 0.05) is 7.11 Å². The number of hydrogen-bond acceptors (Lipinski definition) is 2. The fourth-order valence-electron chi connectivity index (χ4n) is 1.73. The van der Waals surface area contributed by atoms with Gasteiger partial charge in [0.25, 0.3) is 0 Å². The molecule has 0 aromatic rings. The van der Waals surface area contributed by atoms with Crippen molar-refractivity contribution in [2.75, 3.05) is 13.7 Å². The molecule has 1 heterocycles. The van der Waals surface area contributed by atoms with Crippen LogP contribution in [0.2, 0.25) is 0 Å². The fraction of sp³-hybridized carbons (Fsp3) is 1.00. The molecule has 0 radical (unpaired) electrons. The van der Waals surface area contributed by atoms with Gasteiger partial charge in [0.2, 0.25) is 0 Å². The summed E-state index contributed by atoms with van der Waals surface area (Å²) in [5.74, 6) is 0.724. The topological polar surface area (TPSA) is 21.8 Å². The third-order valence-corrected chi connectivity index (χ3v) is 2.71. The highest BCUT2D eigenvalue weighted by Gasteiger charge is 2.63. The van der Waals surface area contributed by atoms with Crippen molar-refractivity contribution in [3.8, 4) is 0 Å². The highest BCUT2D eigenvalue weighted by atomic mass is 16.6. The van der Waals surface area contributed by atoms with Gasteiger partial charge in [0.1, 0.15) is 5.60 Å². The second kappa shape index (κ2) is 1.50. The average Bonchev–Trinajstić information content (AvgIpc) is 2.61. The van der Waals surface area contributed by atoms with E-state index in [4.69, 9.17) is 9.47 Å². The summed E-state index contributed by atoms with van der Waals surface area (Å²) in [6, 6.07) is 0. The molecule has 1 saturated carbocycles. The van der Waals surface area contributed by atoms with Crippen LogP contribution in [0.25, 0.3) is 0 Å². The average molecular weight is 128 g/mol. The van der Waals surface area contributed by atoms with E-state index in [0.29, 0.717) is 6.10 Å². The number of epoxide rings is 1. The molecule has 2 heteroatoms. The normalized spacial score (nSPS) is 55.3. The minimum atomic E-state index is 0.175. The van der Waals surface area contributed by atoms with Crippen LogP contribution in [0.4, 0.5) is 0 Å². The van der Waals surface area contributed by atoms with Gasteiger partial charge >= 0.3 is 0 Å². The predicted octanol–water partition coefficient (Wildman–Crippen LogP) is 0.810. The highest BCUT2D eigenvalue weighted by Crippen LogP contribution is 2.52. The van der Waals surface area contributed by atoms with Gasteiger partial charge in [-0.15, -0.1) is 0 Å². The first kappa shape index (κ1) is 5.69. The molecule has 0 bridgehead atoms. The van der Waals surface area contributed by atoms with Crippen molar-refractivity contribution in [3.63, 3.8) is 0 Å². The highest BCUT2D eigenvalue weighted by molar-refractivity contribution is 5.12. The molecule has 0 amide bonds. The molecule has 1 saturated heterocycles. The summed E-state index contributed by atoms with van der Waals surface area (Å²) < 4.78 is 10.5. The largest absolute Gasteiger partial charge is 0.378 e. The van der Waals surface area contributed by atoms with E-state index in [-0.39, 0.29) is 5.60 Å². The van der Waals surface area contributed by atoms with E-state index in [9.17, 15) is 0 Å². The van der Waals surface area contributed by atoms with Crippen LogP contribution in [0.15, 0.2) is 0 Å². The smallest absolute Gasteiger partial charge is 0.120 e. The molecule has 52 valence electrons. The molecule has 0 aromatic carbocycles. The zero-order valence-electron chi connectivity index (χ0n) is 5.89. The van der Waals surface area contributed by atoms with E-state index >= 15 is 0 Å². The molecule has 3 unspecified atom stereocenters. The van der Waals surface area contributed by atoms with Crippen molar-refractivity contribution in [2.24, 2.45) is 5.92 Å². The van der Waals surface area contributed by atoms with E-state index in [1.54, 1.807) is 7.11 Å². The van der Waals surface area contributed by atoms with Crippen LogP contribution < -0.4 is 0 Å². The second-order valence-corrected chi connectivity index (χ2v) is 3.10. The quantitative estimate of drug-likeness (QED) is 0.487. The number of hydrogen-bond donors (Lipinski definition) is 0. The first-order chi connectivity index (χ1) is 4.29. The Hall–Kier alpha value is -0.0800. The van der Waals surface area contributed by atoms with Crippen LogP contribution in [-0.4, -0.2) is 25.4 Å². The molecule has 9 heavy (non-hydrogen) atoms. The summed E-state index contributed by atoms with van der Waals surface area (Å²) >= 11 is 0. The summed E-state index contributed by atoms with van der Waals surface area (Å²) in [4.78, 5) is 0. The molecule has 1 aliphatic carbocycles. The lowest BCUT2D eigenvalue weighted by atomic mass is 9.72. The lowest BCUT2D eigenvalue weighted by molar-refractivity contribution is -0.0764. The maximum atomic E-state index is 5.32. The van der Waals surface area contributed by atoms with Crippen LogP contribution in [0.5, 0.6) is 0 Å². The van der Waals surface area contributed by atoms with Crippen molar-refractivity contribution in [1.82, 2.24) is 0 Å². The lowest BCUT2D eigenvalue weighted by Gasteiger charge is -2.39. The van der Waals surface area contributed by atoms with Gasteiger partial charge in [-0.3, -0.25) is 0 Å². The summed E-state index contributed by atoms with van der Waals surface area (Å²) in [6.07, 6.45) is 1.57. The van der Waals surface area contributed by atoms with E-state index in [1.807, 2.05) is 0 Å². The van der Waals surface area contributed by atoms with Gasteiger partial charge in [-0.1, -0.05) is 6.92 Å². The maximum Gasteiger partial charge on any atom is 0.120 e. The maximum absolute atomic E-state index is 5.32. The number of methoxy groups -OCH3 is 1. The monoisotopic (exact) mass is 128 g/mol. The van der Waals surface area contributed by atoms with Gasteiger partial charge < -0.3 is 9.47 Å². The Morgan fingerprint density at radius 1 is 1.67 bits per heavy atom. The van der Waals surface area contributed by atoms with Crippen LogP contribution in [0.3, 0.4) is 0 Å². The van der Waals surface area contributed by atoms with E-state index in [1.165, 1.54) is 6.42 Å². The Morgan fingerprint density at radius 2 is 2.33 bits per heavy atom. The molecule has 2 rings (SSSR count). The standard InChI is InChI=1S/C7H12O2/c1-5-3-6(8-2)7(5)4-9-7/h5-6H,3-4H2,1-2H3. The summed E-state index contributed by atoms with van der Waals surface area (Å²) in [7, 11) is 1.76. The molecule has 3 atom stereocenters. The molecule has 2 aliphatic rings. The lowest BCUT2D eigenvalue weighted by Crippen LogP contribution is -2.49. The first-order valence-corrected chi connectivity index (χ1v) is 3.46. The van der Waals surface area contributed by atoms with Crippen molar-refractivity contribution in [2.45, 2.75) is 25.0 Å². The second-order valence-electron chi connectivity index (χ2n) is 3.10. The SMILES string of the molecule is COC1CC(C)C12CO2. The summed E-state index contributed by atoms with van der Waals surface area (Å²) in [5, 5.41) is 0. The van der Waals surface area contributed by atoms with Crippen LogP contribution >= 0.6 is 0 Å². The predicted molar refractivity (Wildman–Crippen MR) is 33.3 cm³/mol. The molecule has 1 aliphatic heterocycles. The number of ether oxygens (including phenoxy) is 2. The van der Waals surface area contributed by atoms with Crippen molar-refractivity contribution >= 4 is 0 Å². The van der Waals surface area contributed by atoms with Crippen LogP contribution in [-0.2, 0) is 9.47 Å². The Morgan fingerprint density at radius 3 is 2.56 bits per heavy atom. The molecular formula is C7H12O2. The fourth-order valence-corrected chi connectivity index (χ4v) is 1.73. The van der Waals surface area contributed by atoms with Crippen molar-refractivity contribution in [3.05, 3.63) is 0 Å². The van der Waals surface area contributed by atoms with E-state index in [0.717, 1.165) is 12.5 Å². The van der Waals surface area contributed by atoms with E-state index in [2.05, 4.69) is 6.92 Å². The first-order valence-electron chi connectivity index (χ1n) is 3.46. The van der Waals surface area contributed by atoms with Crippen LogP contribution in [0, 0.1) is 5.92 Å². The Kier molecular flexibility index (Phi) is 0.945.